The molecule has 1 aromatic heterocycles. The number of nitrogens with one attached hydrogen (secondary N) is 2. The van der Waals surface area contributed by atoms with Gasteiger partial charge < -0.3 is 15.2 Å². The quantitative estimate of drug-likeness (QED) is 0.886. The molecule has 0 atom stereocenters. The van der Waals surface area contributed by atoms with Gasteiger partial charge >= 0.3 is 0 Å². The van der Waals surface area contributed by atoms with Gasteiger partial charge in [-0.3, -0.25) is 4.79 Å². The van der Waals surface area contributed by atoms with Crippen molar-refractivity contribution < 1.29 is 4.79 Å². The number of amides is 1. The Hall–Kier alpha value is -1.81. The molecule has 0 spiro atoms. The van der Waals surface area contributed by atoms with Crippen LogP contribution in [0.25, 0.3) is 10.9 Å². The van der Waals surface area contributed by atoms with Crippen molar-refractivity contribution in [2.24, 2.45) is 7.05 Å². The molecule has 0 fully saturated rings. The molecular formula is C15H21N3O. The molecule has 0 unspecified atom stereocenters. The maximum atomic E-state index is 12.0. The zero-order valence-corrected chi connectivity index (χ0v) is 11.9. The maximum Gasteiger partial charge on any atom is 0.226 e. The molecule has 19 heavy (non-hydrogen) atoms. The number of fused-ring (bicyclic) bond motifs is 1. The number of hydrogen-bond acceptors (Lipinski definition) is 2. The summed E-state index contributed by atoms with van der Waals surface area (Å²) in [5, 5.41) is 7.20. The number of anilines is 1. The Bertz CT molecular complexity index is 598. The summed E-state index contributed by atoms with van der Waals surface area (Å²) in [6.07, 6.45) is 2.46. The van der Waals surface area contributed by atoms with E-state index in [0.717, 1.165) is 16.6 Å². The van der Waals surface area contributed by atoms with Gasteiger partial charge in [-0.15, -0.1) is 0 Å². The lowest BCUT2D eigenvalue weighted by atomic mass is 10.0. The zero-order valence-electron chi connectivity index (χ0n) is 11.9. The fourth-order valence-corrected chi connectivity index (χ4v) is 2.05. The first-order valence-corrected chi connectivity index (χ1v) is 6.45. The molecule has 102 valence electrons. The van der Waals surface area contributed by atoms with Crippen LogP contribution in [0.15, 0.2) is 30.5 Å². The van der Waals surface area contributed by atoms with Crippen LogP contribution in [0.1, 0.15) is 20.3 Å². The third kappa shape index (κ3) is 3.15. The SMILES string of the molecule is CNC(C)(C)CC(=O)Nc1ccc2c(ccn2C)c1. The van der Waals surface area contributed by atoms with E-state index >= 15 is 0 Å². The number of carbonyl (C=O) groups excluding carboxylic acids is 1. The zero-order chi connectivity index (χ0) is 14.0. The molecule has 0 radical (unpaired) electrons. The summed E-state index contributed by atoms with van der Waals surface area (Å²) in [5.74, 6) is 0.0228. The van der Waals surface area contributed by atoms with Crippen LogP contribution in [-0.4, -0.2) is 23.1 Å². The molecule has 1 amide bonds. The van der Waals surface area contributed by atoms with Crippen molar-refractivity contribution in [2.75, 3.05) is 12.4 Å². The number of benzene rings is 1. The second-order valence-electron chi connectivity index (χ2n) is 5.56. The van der Waals surface area contributed by atoms with Crippen molar-refractivity contribution in [3.05, 3.63) is 30.5 Å². The van der Waals surface area contributed by atoms with E-state index in [1.165, 1.54) is 0 Å². The summed E-state index contributed by atoms with van der Waals surface area (Å²) in [6, 6.07) is 8.00. The Labute approximate surface area is 113 Å². The van der Waals surface area contributed by atoms with Gasteiger partial charge in [-0.25, -0.2) is 0 Å². The van der Waals surface area contributed by atoms with Crippen LogP contribution in [-0.2, 0) is 11.8 Å². The summed E-state index contributed by atoms with van der Waals surface area (Å²) in [5.41, 5.74) is 1.81. The highest BCUT2D eigenvalue weighted by atomic mass is 16.1. The van der Waals surface area contributed by atoms with Crippen molar-refractivity contribution >= 4 is 22.5 Å². The number of aryl methyl sites for hydroxylation is 1. The van der Waals surface area contributed by atoms with E-state index in [4.69, 9.17) is 0 Å². The van der Waals surface area contributed by atoms with Gasteiger partial charge in [0.25, 0.3) is 0 Å². The van der Waals surface area contributed by atoms with Crippen LogP contribution in [0.4, 0.5) is 5.69 Å². The Morgan fingerprint density at radius 3 is 2.74 bits per heavy atom. The molecule has 1 aromatic carbocycles. The largest absolute Gasteiger partial charge is 0.351 e. The highest BCUT2D eigenvalue weighted by molar-refractivity contribution is 5.94. The van der Waals surface area contributed by atoms with Crippen molar-refractivity contribution in [1.82, 2.24) is 9.88 Å². The van der Waals surface area contributed by atoms with Crippen LogP contribution in [0.5, 0.6) is 0 Å². The van der Waals surface area contributed by atoms with Gasteiger partial charge in [-0.1, -0.05) is 0 Å². The van der Waals surface area contributed by atoms with E-state index < -0.39 is 0 Å². The predicted octanol–water partition coefficient (Wildman–Crippen LogP) is 2.50. The van der Waals surface area contributed by atoms with Crippen molar-refractivity contribution in [3.8, 4) is 0 Å². The average Bonchev–Trinajstić information content (AvgIpc) is 2.70. The lowest BCUT2D eigenvalue weighted by Gasteiger charge is -2.23. The van der Waals surface area contributed by atoms with Crippen molar-refractivity contribution in [2.45, 2.75) is 25.8 Å². The van der Waals surface area contributed by atoms with Gasteiger partial charge in [0, 0.05) is 41.8 Å². The first kappa shape index (κ1) is 13.6. The standard InChI is InChI=1S/C15H21N3O/c1-15(2,16-3)10-14(19)17-12-5-6-13-11(9-12)7-8-18(13)4/h5-9,16H,10H2,1-4H3,(H,17,19). The minimum absolute atomic E-state index is 0.0228. The lowest BCUT2D eigenvalue weighted by molar-refractivity contribution is -0.117. The number of rotatable bonds is 4. The van der Waals surface area contributed by atoms with E-state index in [1.54, 1.807) is 0 Å². The summed E-state index contributed by atoms with van der Waals surface area (Å²) in [7, 11) is 3.87. The van der Waals surface area contributed by atoms with Crippen LogP contribution in [0, 0.1) is 0 Å². The van der Waals surface area contributed by atoms with Gasteiger partial charge in [0.2, 0.25) is 5.91 Å². The summed E-state index contributed by atoms with van der Waals surface area (Å²) in [4.78, 5) is 12.0. The van der Waals surface area contributed by atoms with Crippen LogP contribution in [0.2, 0.25) is 0 Å². The molecular weight excluding hydrogens is 238 g/mol. The van der Waals surface area contributed by atoms with E-state index in [2.05, 4.69) is 15.2 Å². The molecule has 2 aromatic rings. The second-order valence-corrected chi connectivity index (χ2v) is 5.56. The van der Waals surface area contributed by atoms with Gasteiger partial charge in [0.1, 0.15) is 0 Å². The molecule has 0 saturated carbocycles. The van der Waals surface area contributed by atoms with Crippen molar-refractivity contribution in [3.63, 3.8) is 0 Å². The molecule has 0 saturated heterocycles. The van der Waals surface area contributed by atoms with E-state index in [1.807, 2.05) is 58.4 Å². The van der Waals surface area contributed by atoms with Crippen LogP contribution in [0.3, 0.4) is 0 Å². The van der Waals surface area contributed by atoms with E-state index in [0.29, 0.717) is 6.42 Å². The fourth-order valence-electron chi connectivity index (χ4n) is 2.05. The fraction of sp³-hybridized carbons (Fsp3) is 0.400. The molecule has 4 nitrogen and oxygen atoms in total. The maximum absolute atomic E-state index is 12.0. The minimum atomic E-state index is -0.194. The van der Waals surface area contributed by atoms with Crippen LogP contribution >= 0.6 is 0 Å². The molecule has 1 heterocycles. The topological polar surface area (TPSA) is 46.1 Å². The first-order chi connectivity index (χ1) is 8.91. The molecule has 0 aliphatic heterocycles. The predicted molar refractivity (Wildman–Crippen MR) is 79.3 cm³/mol. The highest BCUT2D eigenvalue weighted by Crippen LogP contribution is 2.20. The normalized spacial score (nSPS) is 11.8. The molecule has 2 rings (SSSR count). The summed E-state index contributed by atoms with van der Waals surface area (Å²) >= 11 is 0. The average molecular weight is 259 g/mol. The monoisotopic (exact) mass is 259 g/mol. The van der Waals surface area contributed by atoms with Gasteiger partial charge in [-0.05, 0) is 45.2 Å². The third-order valence-electron chi connectivity index (χ3n) is 3.45. The van der Waals surface area contributed by atoms with E-state index in [9.17, 15) is 4.79 Å². The highest BCUT2D eigenvalue weighted by Gasteiger charge is 2.19. The number of hydrogen-bond donors (Lipinski definition) is 2. The van der Waals surface area contributed by atoms with Gasteiger partial charge in [-0.2, -0.15) is 0 Å². The van der Waals surface area contributed by atoms with Gasteiger partial charge in [0.05, 0.1) is 0 Å². The Morgan fingerprint density at radius 2 is 2.05 bits per heavy atom. The molecule has 0 aliphatic rings. The third-order valence-corrected chi connectivity index (χ3v) is 3.45. The second kappa shape index (κ2) is 5.05. The number of carbonyl (C=O) groups is 1. The molecule has 0 aliphatic carbocycles. The van der Waals surface area contributed by atoms with Crippen LogP contribution < -0.4 is 10.6 Å². The summed E-state index contributed by atoms with van der Waals surface area (Å²) in [6.45, 7) is 4.01. The van der Waals surface area contributed by atoms with Gasteiger partial charge in [0.15, 0.2) is 0 Å². The Morgan fingerprint density at radius 1 is 1.32 bits per heavy atom. The first-order valence-electron chi connectivity index (χ1n) is 6.45. The molecule has 4 heteroatoms. The molecule has 0 bridgehead atoms. The van der Waals surface area contributed by atoms with E-state index in [-0.39, 0.29) is 11.4 Å². The smallest absolute Gasteiger partial charge is 0.226 e. The molecule has 2 N–H and O–H groups in total. The lowest BCUT2D eigenvalue weighted by Crippen LogP contribution is -2.39. The Kier molecular flexibility index (Phi) is 3.62. The summed E-state index contributed by atoms with van der Waals surface area (Å²) < 4.78 is 2.06. The number of aromatic nitrogens is 1. The minimum Gasteiger partial charge on any atom is -0.351 e. The number of nitrogens with zero attached hydrogens (tertiary/aromatic N) is 1. The Balaban J connectivity index is 2.11. The van der Waals surface area contributed by atoms with Crippen molar-refractivity contribution in [1.29, 1.82) is 0 Å².